The SMILES string of the molecule is CC1CCNC(=O)C1CNC(=O)N1CC2(CCCC2)CC1C. The highest BCUT2D eigenvalue weighted by atomic mass is 16.2. The molecule has 3 amide bonds. The molecule has 22 heavy (non-hydrogen) atoms. The summed E-state index contributed by atoms with van der Waals surface area (Å²) in [4.78, 5) is 26.5. The molecule has 3 fully saturated rings. The average Bonchev–Trinajstić information content (AvgIpc) is 3.05. The first-order chi connectivity index (χ1) is 10.5. The van der Waals surface area contributed by atoms with Gasteiger partial charge < -0.3 is 15.5 Å². The number of nitrogens with zero attached hydrogens (tertiary/aromatic N) is 1. The third-order valence-electron chi connectivity index (χ3n) is 6.09. The van der Waals surface area contributed by atoms with Crippen molar-refractivity contribution in [3.63, 3.8) is 0 Å². The molecule has 5 nitrogen and oxygen atoms in total. The summed E-state index contributed by atoms with van der Waals surface area (Å²) in [7, 11) is 0. The third kappa shape index (κ3) is 2.95. The van der Waals surface area contributed by atoms with E-state index in [0.29, 0.717) is 23.9 Å². The summed E-state index contributed by atoms with van der Waals surface area (Å²) in [5, 5.41) is 5.92. The largest absolute Gasteiger partial charge is 0.356 e. The van der Waals surface area contributed by atoms with Crippen molar-refractivity contribution < 1.29 is 9.59 Å². The Bertz CT molecular complexity index is 445. The maximum absolute atomic E-state index is 12.5. The van der Waals surface area contributed by atoms with E-state index in [0.717, 1.165) is 25.9 Å². The molecule has 3 unspecified atom stereocenters. The van der Waals surface area contributed by atoms with Crippen LogP contribution >= 0.6 is 0 Å². The predicted octanol–water partition coefficient (Wildman–Crippen LogP) is 2.12. The Morgan fingerprint density at radius 3 is 2.77 bits per heavy atom. The molecule has 2 aliphatic heterocycles. The molecule has 0 aromatic carbocycles. The number of amides is 3. The summed E-state index contributed by atoms with van der Waals surface area (Å²) >= 11 is 0. The predicted molar refractivity (Wildman–Crippen MR) is 85.4 cm³/mol. The maximum Gasteiger partial charge on any atom is 0.317 e. The van der Waals surface area contributed by atoms with Crippen molar-refractivity contribution in [3.05, 3.63) is 0 Å². The number of piperidine rings is 1. The summed E-state index contributed by atoms with van der Waals surface area (Å²) in [5.74, 6) is 0.336. The van der Waals surface area contributed by atoms with Crippen molar-refractivity contribution in [1.82, 2.24) is 15.5 Å². The molecular formula is C17H29N3O2. The van der Waals surface area contributed by atoms with E-state index in [1.165, 1.54) is 25.7 Å². The molecule has 0 radical (unpaired) electrons. The summed E-state index contributed by atoms with van der Waals surface area (Å²) < 4.78 is 0. The van der Waals surface area contributed by atoms with E-state index in [9.17, 15) is 9.59 Å². The number of carbonyl (C=O) groups excluding carboxylic acids is 2. The number of rotatable bonds is 2. The van der Waals surface area contributed by atoms with Gasteiger partial charge >= 0.3 is 6.03 Å². The van der Waals surface area contributed by atoms with E-state index < -0.39 is 0 Å². The van der Waals surface area contributed by atoms with E-state index in [1.807, 2.05) is 4.90 Å². The van der Waals surface area contributed by atoms with Gasteiger partial charge in [0.15, 0.2) is 0 Å². The van der Waals surface area contributed by atoms with E-state index in [1.54, 1.807) is 0 Å². The van der Waals surface area contributed by atoms with Gasteiger partial charge in [-0.1, -0.05) is 19.8 Å². The Kier molecular flexibility index (Phi) is 4.33. The van der Waals surface area contributed by atoms with Gasteiger partial charge in [-0.2, -0.15) is 0 Å². The van der Waals surface area contributed by atoms with E-state index in [2.05, 4.69) is 24.5 Å². The minimum absolute atomic E-state index is 0.0156. The number of likely N-dealkylation sites (tertiary alicyclic amines) is 1. The lowest BCUT2D eigenvalue weighted by Gasteiger charge is -2.30. The Balaban J connectivity index is 1.54. The van der Waals surface area contributed by atoms with Crippen molar-refractivity contribution in [2.24, 2.45) is 17.3 Å². The fourth-order valence-electron chi connectivity index (χ4n) is 4.68. The Hall–Kier alpha value is -1.26. The number of carbonyl (C=O) groups is 2. The Morgan fingerprint density at radius 1 is 1.36 bits per heavy atom. The molecule has 3 atom stereocenters. The van der Waals surface area contributed by atoms with Gasteiger partial charge in [0.2, 0.25) is 5.91 Å². The lowest BCUT2D eigenvalue weighted by Crippen LogP contribution is -2.49. The van der Waals surface area contributed by atoms with Crippen LogP contribution in [0, 0.1) is 17.3 Å². The zero-order valence-corrected chi connectivity index (χ0v) is 13.9. The molecular weight excluding hydrogens is 278 g/mol. The second-order valence-corrected chi connectivity index (χ2v) is 7.74. The molecule has 1 saturated carbocycles. The fraction of sp³-hybridized carbons (Fsp3) is 0.882. The molecule has 3 rings (SSSR count). The fourth-order valence-corrected chi connectivity index (χ4v) is 4.68. The minimum Gasteiger partial charge on any atom is -0.356 e. The van der Waals surface area contributed by atoms with Gasteiger partial charge in [0.05, 0.1) is 5.92 Å². The van der Waals surface area contributed by atoms with Crippen LogP contribution in [0.4, 0.5) is 4.79 Å². The Morgan fingerprint density at radius 2 is 2.09 bits per heavy atom. The normalized spacial score (nSPS) is 34.0. The second-order valence-electron chi connectivity index (χ2n) is 7.74. The molecule has 124 valence electrons. The number of hydrogen-bond donors (Lipinski definition) is 2. The van der Waals surface area contributed by atoms with Crippen LogP contribution < -0.4 is 10.6 Å². The van der Waals surface area contributed by atoms with Gasteiger partial charge in [-0.25, -0.2) is 4.79 Å². The highest BCUT2D eigenvalue weighted by Gasteiger charge is 2.45. The second kappa shape index (κ2) is 6.09. The lowest BCUT2D eigenvalue weighted by atomic mass is 9.84. The van der Waals surface area contributed by atoms with Crippen LogP contribution in [0.15, 0.2) is 0 Å². The van der Waals surface area contributed by atoms with Gasteiger partial charge in [-0.05, 0) is 43.9 Å². The number of urea groups is 1. The average molecular weight is 307 g/mol. The number of hydrogen-bond acceptors (Lipinski definition) is 2. The number of nitrogens with one attached hydrogen (secondary N) is 2. The highest BCUT2D eigenvalue weighted by molar-refractivity contribution is 5.81. The van der Waals surface area contributed by atoms with Crippen LogP contribution in [0.5, 0.6) is 0 Å². The van der Waals surface area contributed by atoms with Gasteiger partial charge in [0, 0.05) is 25.7 Å². The molecule has 5 heteroatoms. The lowest BCUT2D eigenvalue weighted by molar-refractivity contribution is -0.128. The van der Waals surface area contributed by atoms with Crippen molar-refractivity contribution in [1.29, 1.82) is 0 Å². The van der Waals surface area contributed by atoms with Crippen LogP contribution in [-0.4, -0.2) is 42.5 Å². The van der Waals surface area contributed by atoms with Crippen LogP contribution in [0.2, 0.25) is 0 Å². The zero-order chi connectivity index (χ0) is 15.7. The van der Waals surface area contributed by atoms with Crippen LogP contribution in [0.1, 0.15) is 52.4 Å². The molecule has 2 heterocycles. The van der Waals surface area contributed by atoms with Crippen LogP contribution in [-0.2, 0) is 4.79 Å². The van der Waals surface area contributed by atoms with Gasteiger partial charge in [0.25, 0.3) is 0 Å². The van der Waals surface area contributed by atoms with Crippen molar-refractivity contribution >= 4 is 11.9 Å². The summed E-state index contributed by atoms with van der Waals surface area (Å²) in [6.07, 6.45) is 7.28. The monoisotopic (exact) mass is 307 g/mol. The van der Waals surface area contributed by atoms with Crippen LogP contribution in [0.3, 0.4) is 0 Å². The standard InChI is InChI=1S/C17H29N3O2/c1-12-5-8-18-15(21)14(12)10-19-16(22)20-11-17(9-13(20)2)6-3-4-7-17/h12-14H,3-11H2,1-2H3,(H,18,21)(H,19,22). The maximum atomic E-state index is 12.5. The molecule has 3 aliphatic rings. The topological polar surface area (TPSA) is 61.4 Å². The molecule has 0 bridgehead atoms. The van der Waals surface area contributed by atoms with Crippen molar-refractivity contribution in [2.45, 2.75) is 58.4 Å². The van der Waals surface area contributed by atoms with Crippen molar-refractivity contribution in [3.8, 4) is 0 Å². The quantitative estimate of drug-likeness (QED) is 0.821. The van der Waals surface area contributed by atoms with Crippen LogP contribution in [0.25, 0.3) is 0 Å². The summed E-state index contributed by atoms with van der Waals surface area (Å²) in [6, 6.07) is 0.331. The molecule has 1 spiro atoms. The molecule has 0 aromatic heterocycles. The molecule has 2 saturated heterocycles. The molecule has 2 N–H and O–H groups in total. The van der Waals surface area contributed by atoms with Gasteiger partial charge in [-0.15, -0.1) is 0 Å². The Labute approximate surface area is 133 Å². The minimum atomic E-state index is -0.0870. The molecule has 1 aliphatic carbocycles. The first kappa shape index (κ1) is 15.6. The highest BCUT2D eigenvalue weighted by Crippen LogP contribution is 2.47. The summed E-state index contributed by atoms with van der Waals surface area (Å²) in [6.45, 7) is 6.37. The van der Waals surface area contributed by atoms with E-state index >= 15 is 0 Å². The summed E-state index contributed by atoms with van der Waals surface area (Å²) in [5.41, 5.74) is 0.381. The third-order valence-corrected chi connectivity index (χ3v) is 6.09. The van der Waals surface area contributed by atoms with Gasteiger partial charge in [-0.3, -0.25) is 4.79 Å². The van der Waals surface area contributed by atoms with Crippen molar-refractivity contribution in [2.75, 3.05) is 19.6 Å². The van der Waals surface area contributed by atoms with E-state index in [4.69, 9.17) is 0 Å². The first-order valence-electron chi connectivity index (χ1n) is 8.83. The van der Waals surface area contributed by atoms with Gasteiger partial charge in [0.1, 0.15) is 0 Å². The smallest absolute Gasteiger partial charge is 0.317 e. The zero-order valence-electron chi connectivity index (χ0n) is 13.9. The van der Waals surface area contributed by atoms with E-state index in [-0.39, 0.29) is 17.9 Å². The molecule has 0 aromatic rings. The first-order valence-corrected chi connectivity index (χ1v) is 8.83.